The van der Waals surface area contributed by atoms with Gasteiger partial charge in [-0.3, -0.25) is 4.79 Å². The van der Waals surface area contributed by atoms with E-state index >= 15 is 0 Å². The Morgan fingerprint density at radius 2 is 2.38 bits per heavy atom. The van der Waals surface area contributed by atoms with Crippen molar-refractivity contribution in [1.29, 1.82) is 0 Å². The van der Waals surface area contributed by atoms with Crippen LogP contribution in [0.2, 0.25) is 0 Å². The van der Waals surface area contributed by atoms with Crippen molar-refractivity contribution in [1.82, 2.24) is 10.2 Å². The van der Waals surface area contributed by atoms with Crippen LogP contribution in [0.4, 0.5) is 0 Å². The highest BCUT2D eigenvalue weighted by atomic mass is 16.3. The number of nitrogens with one attached hydrogen (secondary N) is 1. The van der Waals surface area contributed by atoms with Crippen molar-refractivity contribution in [3.8, 4) is 0 Å². The molecule has 1 saturated heterocycles. The van der Waals surface area contributed by atoms with Crippen molar-refractivity contribution in [2.45, 2.75) is 19.4 Å². The molecule has 1 heterocycles. The van der Waals surface area contributed by atoms with Gasteiger partial charge in [0.05, 0.1) is 12.6 Å². The van der Waals surface area contributed by atoms with Crippen molar-refractivity contribution in [3.63, 3.8) is 0 Å². The normalized spacial score (nSPS) is 29.0. The number of aliphatic hydroxyl groups is 1. The minimum Gasteiger partial charge on any atom is -0.393 e. The third kappa shape index (κ3) is 2.67. The van der Waals surface area contributed by atoms with Crippen molar-refractivity contribution in [3.05, 3.63) is 0 Å². The van der Waals surface area contributed by atoms with E-state index in [1.54, 1.807) is 7.05 Å². The number of nitrogens with zero attached hydrogens (tertiary/aromatic N) is 1. The zero-order chi connectivity index (χ0) is 9.84. The minimum atomic E-state index is -0.237. The number of hydrogen-bond donors (Lipinski definition) is 2. The van der Waals surface area contributed by atoms with Gasteiger partial charge in [0.1, 0.15) is 0 Å². The van der Waals surface area contributed by atoms with Gasteiger partial charge in [0.25, 0.3) is 0 Å². The molecular weight excluding hydrogens is 168 g/mol. The zero-order valence-electron chi connectivity index (χ0n) is 8.29. The van der Waals surface area contributed by atoms with Crippen LogP contribution >= 0.6 is 0 Å². The monoisotopic (exact) mass is 186 g/mol. The standard InChI is InChI=1S/C9H18N2O2/c1-7-6-11(4-3-8(7)12)9(13)5-10-2/h7-8,10,12H,3-6H2,1-2H3/t7-,8-/m0/s1. The molecular formula is C9H18N2O2. The first kappa shape index (κ1) is 10.5. The molecule has 1 aliphatic heterocycles. The van der Waals surface area contributed by atoms with Crippen LogP contribution < -0.4 is 5.32 Å². The first-order valence-corrected chi connectivity index (χ1v) is 4.75. The van der Waals surface area contributed by atoms with Crippen molar-refractivity contribution < 1.29 is 9.90 Å². The highest BCUT2D eigenvalue weighted by Gasteiger charge is 2.26. The number of hydrogen-bond acceptors (Lipinski definition) is 3. The average molecular weight is 186 g/mol. The molecule has 2 atom stereocenters. The third-order valence-corrected chi connectivity index (χ3v) is 2.54. The molecule has 0 aromatic rings. The van der Waals surface area contributed by atoms with E-state index < -0.39 is 0 Å². The first-order valence-electron chi connectivity index (χ1n) is 4.75. The molecule has 0 aliphatic carbocycles. The quantitative estimate of drug-likeness (QED) is 0.607. The second kappa shape index (κ2) is 4.58. The van der Waals surface area contributed by atoms with Gasteiger partial charge in [-0.1, -0.05) is 6.92 Å². The van der Waals surface area contributed by atoms with Crippen LogP contribution in [-0.4, -0.2) is 48.7 Å². The lowest BCUT2D eigenvalue weighted by Crippen LogP contribution is -2.47. The summed E-state index contributed by atoms with van der Waals surface area (Å²) in [5.74, 6) is 0.329. The van der Waals surface area contributed by atoms with Crippen LogP contribution in [0.5, 0.6) is 0 Å². The SMILES string of the molecule is CNCC(=O)N1CC[C@H](O)[C@@H](C)C1. The van der Waals surface area contributed by atoms with Gasteiger partial charge < -0.3 is 15.3 Å². The first-order chi connectivity index (χ1) is 6.15. The summed E-state index contributed by atoms with van der Waals surface area (Å²) >= 11 is 0. The predicted octanol–water partition coefficient (Wildman–Crippen LogP) is -0.565. The van der Waals surface area contributed by atoms with Gasteiger partial charge >= 0.3 is 0 Å². The number of rotatable bonds is 2. The van der Waals surface area contributed by atoms with E-state index in [-0.39, 0.29) is 17.9 Å². The van der Waals surface area contributed by atoms with E-state index in [0.717, 1.165) is 0 Å². The maximum absolute atomic E-state index is 11.4. The molecule has 1 aliphatic rings. The van der Waals surface area contributed by atoms with E-state index in [1.165, 1.54) is 0 Å². The molecule has 0 bridgehead atoms. The highest BCUT2D eigenvalue weighted by molar-refractivity contribution is 5.78. The Balaban J connectivity index is 2.40. The molecule has 4 heteroatoms. The largest absolute Gasteiger partial charge is 0.393 e. The summed E-state index contributed by atoms with van der Waals surface area (Å²) in [4.78, 5) is 13.2. The van der Waals surface area contributed by atoms with E-state index in [4.69, 9.17) is 0 Å². The Hall–Kier alpha value is -0.610. The molecule has 1 rings (SSSR count). The Labute approximate surface area is 78.9 Å². The summed E-state index contributed by atoms with van der Waals surface area (Å²) < 4.78 is 0. The highest BCUT2D eigenvalue weighted by Crippen LogP contribution is 2.16. The lowest BCUT2D eigenvalue weighted by atomic mass is 9.97. The third-order valence-electron chi connectivity index (χ3n) is 2.54. The summed E-state index contributed by atoms with van der Waals surface area (Å²) in [6, 6.07) is 0. The van der Waals surface area contributed by atoms with E-state index in [2.05, 4.69) is 5.32 Å². The van der Waals surface area contributed by atoms with E-state index in [0.29, 0.717) is 26.1 Å². The summed E-state index contributed by atoms with van der Waals surface area (Å²) in [7, 11) is 1.76. The number of carbonyl (C=O) groups is 1. The fraction of sp³-hybridized carbons (Fsp3) is 0.889. The molecule has 0 saturated carbocycles. The summed E-state index contributed by atoms with van der Waals surface area (Å²) in [6.45, 7) is 3.74. The zero-order valence-corrected chi connectivity index (χ0v) is 8.29. The second-order valence-corrected chi connectivity index (χ2v) is 3.70. The summed E-state index contributed by atoms with van der Waals surface area (Å²) in [5, 5.41) is 12.3. The van der Waals surface area contributed by atoms with Gasteiger partial charge in [-0.15, -0.1) is 0 Å². The molecule has 1 amide bonds. The maximum atomic E-state index is 11.4. The van der Waals surface area contributed by atoms with Crippen LogP contribution in [0.25, 0.3) is 0 Å². The van der Waals surface area contributed by atoms with Crippen LogP contribution in [0.1, 0.15) is 13.3 Å². The molecule has 2 N–H and O–H groups in total. The molecule has 0 aromatic carbocycles. The number of aliphatic hydroxyl groups excluding tert-OH is 1. The lowest BCUT2D eigenvalue weighted by molar-refractivity contribution is -0.133. The van der Waals surface area contributed by atoms with Crippen molar-refractivity contribution in [2.75, 3.05) is 26.7 Å². The fourth-order valence-corrected chi connectivity index (χ4v) is 1.62. The van der Waals surface area contributed by atoms with Crippen LogP contribution in [0.15, 0.2) is 0 Å². The van der Waals surface area contributed by atoms with Gasteiger partial charge in [-0.2, -0.15) is 0 Å². The number of likely N-dealkylation sites (N-methyl/N-ethyl adjacent to an activating group) is 1. The van der Waals surface area contributed by atoms with Crippen LogP contribution in [0, 0.1) is 5.92 Å². The minimum absolute atomic E-state index is 0.126. The second-order valence-electron chi connectivity index (χ2n) is 3.70. The summed E-state index contributed by atoms with van der Waals surface area (Å²) in [5.41, 5.74) is 0. The predicted molar refractivity (Wildman–Crippen MR) is 50.3 cm³/mol. The number of carbonyl (C=O) groups excluding carboxylic acids is 1. The van der Waals surface area contributed by atoms with Crippen molar-refractivity contribution >= 4 is 5.91 Å². The summed E-state index contributed by atoms with van der Waals surface area (Å²) in [6.07, 6.45) is 0.468. The van der Waals surface area contributed by atoms with Gasteiger partial charge in [-0.05, 0) is 19.4 Å². The molecule has 13 heavy (non-hydrogen) atoms. The molecule has 0 spiro atoms. The van der Waals surface area contributed by atoms with Gasteiger partial charge in [0.15, 0.2) is 0 Å². The molecule has 1 fully saturated rings. The van der Waals surface area contributed by atoms with Crippen molar-refractivity contribution in [2.24, 2.45) is 5.92 Å². The Morgan fingerprint density at radius 1 is 1.69 bits per heavy atom. The molecule has 0 unspecified atom stereocenters. The Morgan fingerprint density at radius 3 is 2.92 bits per heavy atom. The Bertz CT molecular complexity index is 184. The van der Waals surface area contributed by atoms with E-state index in [1.807, 2.05) is 11.8 Å². The average Bonchev–Trinajstić information content (AvgIpc) is 2.10. The van der Waals surface area contributed by atoms with Gasteiger partial charge in [0, 0.05) is 13.1 Å². The lowest BCUT2D eigenvalue weighted by Gasteiger charge is -2.34. The molecule has 76 valence electrons. The van der Waals surface area contributed by atoms with Gasteiger partial charge in [0.2, 0.25) is 5.91 Å². The van der Waals surface area contributed by atoms with Crippen LogP contribution in [-0.2, 0) is 4.79 Å². The molecule has 4 nitrogen and oxygen atoms in total. The van der Waals surface area contributed by atoms with Crippen LogP contribution in [0.3, 0.4) is 0 Å². The number of amides is 1. The topological polar surface area (TPSA) is 52.6 Å². The molecule has 0 radical (unpaired) electrons. The van der Waals surface area contributed by atoms with E-state index in [9.17, 15) is 9.90 Å². The smallest absolute Gasteiger partial charge is 0.236 e. The van der Waals surface area contributed by atoms with Gasteiger partial charge in [-0.25, -0.2) is 0 Å². The number of likely N-dealkylation sites (tertiary alicyclic amines) is 1. The molecule has 0 aromatic heterocycles. The maximum Gasteiger partial charge on any atom is 0.236 e. The Kier molecular flexibility index (Phi) is 3.69. The number of piperidine rings is 1. The fourth-order valence-electron chi connectivity index (χ4n) is 1.62.